The standard InChI is InChI=1S/C24H24N2O3/c1-16(2)19-11-4-5-12-20(19)25-23(27)17-9-8-10-18(15-17)24(28)26-21-13-6-7-14-22(21)29-3/h4-16H,1-3H3,(H,25,27)(H,26,28). The van der Waals surface area contributed by atoms with Crippen LogP contribution < -0.4 is 15.4 Å². The van der Waals surface area contributed by atoms with E-state index in [-0.39, 0.29) is 17.7 Å². The number of para-hydroxylation sites is 3. The number of nitrogens with one attached hydrogen (secondary N) is 2. The van der Waals surface area contributed by atoms with Crippen molar-refractivity contribution in [2.24, 2.45) is 0 Å². The van der Waals surface area contributed by atoms with Gasteiger partial charge in [0.15, 0.2) is 0 Å². The van der Waals surface area contributed by atoms with E-state index in [0.29, 0.717) is 22.6 Å². The van der Waals surface area contributed by atoms with Crippen LogP contribution in [0.2, 0.25) is 0 Å². The van der Waals surface area contributed by atoms with Crippen LogP contribution in [0.4, 0.5) is 11.4 Å². The zero-order valence-electron chi connectivity index (χ0n) is 16.7. The molecule has 148 valence electrons. The predicted octanol–water partition coefficient (Wildman–Crippen LogP) is 5.32. The Morgan fingerprint density at radius 2 is 1.31 bits per heavy atom. The molecule has 0 heterocycles. The molecular weight excluding hydrogens is 364 g/mol. The van der Waals surface area contributed by atoms with E-state index in [1.165, 1.54) is 0 Å². The maximum Gasteiger partial charge on any atom is 0.255 e. The van der Waals surface area contributed by atoms with Crippen molar-refractivity contribution in [1.29, 1.82) is 0 Å². The quantitative estimate of drug-likeness (QED) is 0.600. The topological polar surface area (TPSA) is 67.4 Å². The van der Waals surface area contributed by atoms with Crippen LogP contribution in [0.3, 0.4) is 0 Å². The first-order chi connectivity index (χ1) is 14.0. The molecule has 29 heavy (non-hydrogen) atoms. The van der Waals surface area contributed by atoms with Gasteiger partial charge in [-0.15, -0.1) is 0 Å². The summed E-state index contributed by atoms with van der Waals surface area (Å²) in [5.74, 6) is 0.279. The van der Waals surface area contributed by atoms with Crippen molar-refractivity contribution in [3.63, 3.8) is 0 Å². The van der Waals surface area contributed by atoms with Gasteiger partial charge >= 0.3 is 0 Å². The van der Waals surface area contributed by atoms with Gasteiger partial charge in [0.1, 0.15) is 5.75 Å². The molecule has 0 spiro atoms. The fraction of sp³-hybridized carbons (Fsp3) is 0.167. The molecule has 0 atom stereocenters. The van der Waals surface area contributed by atoms with Crippen LogP contribution >= 0.6 is 0 Å². The summed E-state index contributed by atoms with van der Waals surface area (Å²) >= 11 is 0. The third kappa shape index (κ3) is 4.82. The molecule has 0 bridgehead atoms. The molecule has 5 nitrogen and oxygen atoms in total. The van der Waals surface area contributed by atoms with Gasteiger partial charge in [-0.1, -0.05) is 50.2 Å². The maximum atomic E-state index is 12.8. The number of carbonyl (C=O) groups excluding carboxylic acids is 2. The molecule has 0 saturated heterocycles. The van der Waals surface area contributed by atoms with Crippen LogP contribution in [0, 0.1) is 0 Å². The fourth-order valence-electron chi connectivity index (χ4n) is 3.05. The van der Waals surface area contributed by atoms with Crippen molar-refractivity contribution < 1.29 is 14.3 Å². The SMILES string of the molecule is COc1ccccc1NC(=O)c1cccc(C(=O)Nc2ccccc2C(C)C)c1. The van der Waals surface area contributed by atoms with Crippen LogP contribution in [0.15, 0.2) is 72.8 Å². The summed E-state index contributed by atoms with van der Waals surface area (Å²) < 4.78 is 5.26. The van der Waals surface area contributed by atoms with Gasteiger partial charge in [-0.25, -0.2) is 0 Å². The molecule has 0 aliphatic carbocycles. The number of methoxy groups -OCH3 is 1. The van der Waals surface area contributed by atoms with Crippen LogP contribution in [-0.4, -0.2) is 18.9 Å². The first kappa shape index (κ1) is 20.1. The highest BCUT2D eigenvalue weighted by molar-refractivity contribution is 6.09. The zero-order valence-corrected chi connectivity index (χ0v) is 16.7. The second kappa shape index (κ2) is 9.06. The predicted molar refractivity (Wildman–Crippen MR) is 116 cm³/mol. The summed E-state index contributed by atoms with van der Waals surface area (Å²) in [6.45, 7) is 4.15. The number of hydrogen-bond donors (Lipinski definition) is 2. The normalized spacial score (nSPS) is 10.5. The molecule has 5 heteroatoms. The summed E-state index contributed by atoms with van der Waals surface area (Å²) in [4.78, 5) is 25.4. The van der Waals surface area contributed by atoms with Crippen molar-refractivity contribution in [3.8, 4) is 5.75 Å². The Hall–Kier alpha value is -3.60. The molecule has 0 unspecified atom stereocenters. The Labute approximate surface area is 170 Å². The largest absolute Gasteiger partial charge is 0.495 e. The van der Waals surface area contributed by atoms with Crippen molar-refractivity contribution in [3.05, 3.63) is 89.5 Å². The Morgan fingerprint density at radius 3 is 1.93 bits per heavy atom. The number of amides is 2. The van der Waals surface area contributed by atoms with E-state index in [4.69, 9.17) is 4.74 Å². The van der Waals surface area contributed by atoms with Gasteiger partial charge in [-0.2, -0.15) is 0 Å². The zero-order chi connectivity index (χ0) is 20.8. The maximum absolute atomic E-state index is 12.8. The second-order valence-electron chi connectivity index (χ2n) is 6.93. The lowest BCUT2D eigenvalue weighted by Gasteiger charge is -2.14. The minimum absolute atomic E-state index is 0.259. The average molecular weight is 388 g/mol. The van der Waals surface area contributed by atoms with Gasteiger partial charge in [0.2, 0.25) is 0 Å². The molecule has 0 radical (unpaired) electrons. The molecule has 0 aliphatic rings. The Morgan fingerprint density at radius 1 is 0.759 bits per heavy atom. The third-order valence-corrected chi connectivity index (χ3v) is 4.57. The van der Waals surface area contributed by atoms with E-state index >= 15 is 0 Å². The first-order valence-electron chi connectivity index (χ1n) is 9.44. The molecule has 0 aromatic heterocycles. The molecular formula is C24H24N2O3. The van der Waals surface area contributed by atoms with Gasteiger partial charge < -0.3 is 15.4 Å². The summed E-state index contributed by atoms with van der Waals surface area (Å²) in [5, 5.41) is 5.77. The number of anilines is 2. The molecule has 0 aliphatic heterocycles. The summed E-state index contributed by atoms with van der Waals surface area (Å²) in [5.41, 5.74) is 3.21. The molecule has 2 N–H and O–H groups in total. The molecule has 3 aromatic carbocycles. The monoisotopic (exact) mass is 388 g/mol. The van der Waals surface area contributed by atoms with E-state index in [1.807, 2.05) is 36.4 Å². The summed E-state index contributed by atoms with van der Waals surface area (Å²) in [6, 6.07) is 21.5. The number of benzene rings is 3. The van der Waals surface area contributed by atoms with Crippen molar-refractivity contribution in [2.75, 3.05) is 17.7 Å². The number of rotatable bonds is 6. The lowest BCUT2D eigenvalue weighted by atomic mass is 10.0. The van der Waals surface area contributed by atoms with Gasteiger partial charge in [0.25, 0.3) is 11.8 Å². The molecule has 3 rings (SSSR count). The highest BCUT2D eigenvalue weighted by Crippen LogP contribution is 2.25. The van der Waals surface area contributed by atoms with E-state index in [0.717, 1.165) is 11.3 Å². The lowest BCUT2D eigenvalue weighted by molar-refractivity contribution is 0.102. The van der Waals surface area contributed by atoms with Gasteiger partial charge in [0.05, 0.1) is 12.8 Å². The van der Waals surface area contributed by atoms with E-state index in [1.54, 1.807) is 43.5 Å². The van der Waals surface area contributed by atoms with Crippen molar-refractivity contribution in [2.45, 2.75) is 19.8 Å². The minimum Gasteiger partial charge on any atom is -0.495 e. The molecule has 3 aromatic rings. The van der Waals surface area contributed by atoms with Gasteiger partial charge in [-0.3, -0.25) is 9.59 Å². The number of hydrogen-bond acceptors (Lipinski definition) is 3. The smallest absolute Gasteiger partial charge is 0.255 e. The van der Waals surface area contributed by atoms with Gasteiger partial charge in [-0.05, 0) is 47.9 Å². The van der Waals surface area contributed by atoms with Gasteiger partial charge in [0, 0.05) is 16.8 Å². The summed E-state index contributed by atoms with van der Waals surface area (Å²) in [7, 11) is 1.55. The Kier molecular flexibility index (Phi) is 6.29. The number of carbonyl (C=O) groups is 2. The Balaban J connectivity index is 1.79. The van der Waals surface area contributed by atoms with Crippen molar-refractivity contribution in [1.82, 2.24) is 0 Å². The molecule has 2 amide bonds. The van der Waals surface area contributed by atoms with Crippen LogP contribution in [0.1, 0.15) is 46.0 Å². The second-order valence-corrected chi connectivity index (χ2v) is 6.93. The van der Waals surface area contributed by atoms with E-state index < -0.39 is 0 Å². The van der Waals surface area contributed by atoms with E-state index in [2.05, 4.69) is 24.5 Å². The minimum atomic E-state index is -0.313. The number of ether oxygens (including phenoxy) is 1. The highest BCUT2D eigenvalue weighted by atomic mass is 16.5. The average Bonchev–Trinajstić information content (AvgIpc) is 2.74. The fourth-order valence-corrected chi connectivity index (χ4v) is 3.05. The van der Waals surface area contributed by atoms with E-state index in [9.17, 15) is 9.59 Å². The lowest BCUT2D eigenvalue weighted by Crippen LogP contribution is -2.16. The molecule has 0 saturated carbocycles. The summed E-state index contributed by atoms with van der Waals surface area (Å²) in [6.07, 6.45) is 0. The van der Waals surface area contributed by atoms with Crippen molar-refractivity contribution >= 4 is 23.2 Å². The highest BCUT2D eigenvalue weighted by Gasteiger charge is 2.14. The Bertz CT molecular complexity index is 1030. The third-order valence-electron chi connectivity index (χ3n) is 4.57. The first-order valence-corrected chi connectivity index (χ1v) is 9.44. The van der Waals surface area contributed by atoms with Crippen LogP contribution in [0.5, 0.6) is 5.75 Å². The van der Waals surface area contributed by atoms with Crippen LogP contribution in [-0.2, 0) is 0 Å². The van der Waals surface area contributed by atoms with Crippen LogP contribution in [0.25, 0.3) is 0 Å². The molecule has 0 fully saturated rings.